The van der Waals surface area contributed by atoms with Crippen LogP contribution in [-0.4, -0.2) is 29.1 Å². The highest BCUT2D eigenvalue weighted by atomic mass is 16.5. The number of hydrogen-bond donors (Lipinski definition) is 2. The maximum Gasteiger partial charge on any atom is 0.322 e. The zero-order valence-electron chi connectivity index (χ0n) is 9.64. The molecule has 17 heavy (non-hydrogen) atoms. The van der Waals surface area contributed by atoms with Gasteiger partial charge in [0.1, 0.15) is 11.9 Å². The first-order valence-corrected chi connectivity index (χ1v) is 5.47. The molecule has 0 aliphatic carbocycles. The van der Waals surface area contributed by atoms with Gasteiger partial charge in [-0.1, -0.05) is 12.1 Å². The van der Waals surface area contributed by atoms with Gasteiger partial charge in [-0.05, 0) is 18.6 Å². The van der Waals surface area contributed by atoms with Crippen molar-refractivity contribution < 1.29 is 9.53 Å². The summed E-state index contributed by atoms with van der Waals surface area (Å²) in [4.78, 5) is 18.7. The van der Waals surface area contributed by atoms with E-state index < -0.39 is 6.04 Å². The van der Waals surface area contributed by atoms with Gasteiger partial charge in [-0.15, -0.1) is 0 Å². The summed E-state index contributed by atoms with van der Waals surface area (Å²) in [6.07, 6.45) is 1.15. The van der Waals surface area contributed by atoms with E-state index in [4.69, 9.17) is 5.73 Å². The summed E-state index contributed by atoms with van der Waals surface area (Å²) in [5, 5.41) is 0. The standard InChI is InChI=1S/C12H15N3O2/c1-17-12(16)8(13)6-7-11-14-9-4-2-3-5-10(9)15-11/h2-5,8H,6-7,13H2,1H3,(H,14,15). The Morgan fingerprint density at radius 1 is 1.53 bits per heavy atom. The lowest BCUT2D eigenvalue weighted by Crippen LogP contribution is -2.32. The molecule has 0 spiro atoms. The van der Waals surface area contributed by atoms with Crippen molar-refractivity contribution in [2.45, 2.75) is 18.9 Å². The molecule has 1 aromatic heterocycles. The van der Waals surface area contributed by atoms with Crippen LogP contribution in [0.1, 0.15) is 12.2 Å². The minimum Gasteiger partial charge on any atom is -0.468 e. The van der Waals surface area contributed by atoms with Crippen molar-refractivity contribution in [3.63, 3.8) is 0 Å². The first-order valence-electron chi connectivity index (χ1n) is 5.47. The van der Waals surface area contributed by atoms with Crippen LogP contribution in [-0.2, 0) is 16.0 Å². The lowest BCUT2D eigenvalue weighted by atomic mass is 10.1. The van der Waals surface area contributed by atoms with E-state index in [-0.39, 0.29) is 5.97 Å². The summed E-state index contributed by atoms with van der Waals surface area (Å²) in [7, 11) is 1.34. The summed E-state index contributed by atoms with van der Waals surface area (Å²) in [5.41, 5.74) is 7.57. The minimum absolute atomic E-state index is 0.388. The van der Waals surface area contributed by atoms with Crippen molar-refractivity contribution in [2.75, 3.05) is 7.11 Å². The average Bonchev–Trinajstić information content (AvgIpc) is 2.77. The number of nitrogens with zero attached hydrogens (tertiary/aromatic N) is 1. The monoisotopic (exact) mass is 233 g/mol. The van der Waals surface area contributed by atoms with Crippen LogP contribution in [0.5, 0.6) is 0 Å². The number of nitrogens with one attached hydrogen (secondary N) is 1. The molecular formula is C12H15N3O2. The van der Waals surface area contributed by atoms with E-state index in [9.17, 15) is 4.79 Å². The molecule has 1 unspecified atom stereocenters. The molecule has 0 amide bonds. The molecule has 1 aromatic carbocycles. The Morgan fingerprint density at radius 3 is 3.00 bits per heavy atom. The summed E-state index contributed by atoms with van der Waals surface area (Å²) in [6.45, 7) is 0. The highest BCUT2D eigenvalue weighted by molar-refractivity contribution is 5.76. The van der Waals surface area contributed by atoms with E-state index in [1.165, 1.54) is 7.11 Å². The number of aromatic nitrogens is 2. The topological polar surface area (TPSA) is 81.0 Å². The van der Waals surface area contributed by atoms with E-state index in [1.54, 1.807) is 0 Å². The lowest BCUT2D eigenvalue weighted by Gasteiger charge is -2.06. The SMILES string of the molecule is COC(=O)C(N)CCc1nc2ccccc2[nH]1. The number of methoxy groups -OCH3 is 1. The maximum absolute atomic E-state index is 11.1. The Labute approximate surface area is 99.0 Å². The summed E-state index contributed by atoms with van der Waals surface area (Å²) in [6, 6.07) is 7.20. The number of fused-ring (bicyclic) bond motifs is 1. The van der Waals surface area contributed by atoms with E-state index in [1.807, 2.05) is 24.3 Å². The number of hydrogen-bond acceptors (Lipinski definition) is 4. The van der Waals surface area contributed by atoms with Crippen LogP contribution in [0.15, 0.2) is 24.3 Å². The summed E-state index contributed by atoms with van der Waals surface area (Å²) in [5.74, 6) is 0.451. The van der Waals surface area contributed by atoms with E-state index in [0.29, 0.717) is 12.8 Å². The quantitative estimate of drug-likeness (QED) is 0.772. The molecule has 1 atom stereocenters. The van der Waals surface area contributed by atoms with Crippen LogP contribution in [0.25, 0.3) is 11.0 Å². The van der Waals surface area contributed by atoms with Crippen LogP contribution in [0.2, 0.25) is 0 Å². The number of aromatic amines is 1. The van der Waals surface area contributed by atoms with Gasteiger partial charge in [0.05, 0.1) is 18.1 Å². The number of H-pyrrole nitrogens is 1. The fourth-order valence-electron chi connectivity index (χ4n) is 1.69. The molecule has 0 aliphatic rings. The number of carbonyl (C=O) groups excluding carboxylic acids is 1. The number of carbonyl (C=O) groups is 1. The molecule has 0 saturated heterocycles. The van der Waals surface area contributed by atoms with Crippen molar-refractivity contribution in [2.24, 2.45) is 5.73 Å². The number of rotatable bonds is 4. The number of esters is 1. The van der Waals surface area contributed by atoms with Crippen molar-refractivity contribution in [1.29, 1.82) is 0 Å². The fraction of sp³-hybridized carbons (Fsp3) is 0.333. The molecule has 3 N–H and O–H groups in total. The molecule has 1 heterocycles. The molecule has 0 aliphatic heterocycles. The van der Waals surface area contributed by atoms with Gasteiger partial charge in [0.25, 0.3) is 0 Å². The molecule has 0 fully saturated rings. The van der Waals surface area contributed by atoms with Crippen LogP contribution in [0.3, 0.4) is 0 Å². The Morgan fingerprint density at radius 2 is 2.29 bits per heavy atom. The van der Waals surface area contributed by atoms with E-state index in [0.717, 1.165) is 16.9 Å². The van der Waals surface area contributed by atoms with Crippen LogP contribution >= 0.6 is 0 Å². The summed E-state index contributed by atoms with van der Waals surface area (Å²) < 4.78 is 4.56. The first-order chi connectivity index (χ1) is 8.20. The van der Waals surface area contributed by atoms with Gasteiger partial charge in [-0.3, -0.25) is 4.79 Å². The second-order valence-electron chi connectivity index (χ2n) is 3.87. The Kier molecular flexibility index (Phi) is 3.39. The van der Waals surface area contributed by atoms with Gasteiger partial charge >= 0.3 is 5.97 Å². The third-order valence-electron chi connectivity index (χ3n) is 2.63. The fourth-order valence-corrected chi connectivity index (χ4v) is 1.69. The van der Waals surface area contributed by atoms with Crippen molar-refractivity contribution >= 4 is 17.0 Å². The zero-order valence-corrected chi connectivity index (χ0v) is 9.64. The molecule has 5 heteroatoms. The predicted molar refractivity (Wildman–Crippen MR) is 64.4 cm³/mol. The normalized spacial score (nSPS) is 12.6. The van der Waals surface area contributed by atoms with Gasteiger partial charge in [-0.25, -0.2) is 4.98 Å². The van der Waals surface area contributed by atoms with Crippen LogP contribution < -0.4 is 5.73 Å². The van der Waals surface area contributed by atoms with Gasteiger partial charge in [-0.2, -0.15) is 0 Å². The van der Waals surface area contributed by atoms with Gasteiger partial charge in [0, 0.05) is 6.42 Å². The number of nitrogens with two attached hydrogens (primary N) is 1. The second kappa shape index (κ2) is 4.97. The molecule has 2 aromatic rings. The van der Waals surface area contributed by atoms with Crippen molar-refractivity contribution in [1.82, 2.24) is 9.97 Å². The predicted octanol–water partition coefficient (Wildman–Crippen LogP) is 0.996. The minimum atomic E-state index is -0.590. The highest BCUT2D eigenvalue weighted by Gasteiger charge is 2.14. The van der Waals surface area contributed by atoms with Crippen molar-refractivity contribution in [3.8, 4) is 0 Å². The number of benzene rings is 1. The van der Waals surface area contributed by atoms with Gasteiger partial charge < -0.3 is 15.5 Å². The van der Waals surface area contributed by atoms with Crippen LogP contribution in [0.4, 0.5) is 0 Å². The molecule has 0 saturated carbocycles. The number of aryl methyl sites for hydroxylation is 1. The average molecular weight is 233 g/mol. The molecular weight excluding hydrogens is 218 g/mol. The third-order valence-corrected chi connectivity index (χ3v) is 2.63. The molecule has 90 valence electrons. The first kappa shape index (κ1) is 11.6. The lowest BCUT2D eigenvalue weighted by molar-refractivity contribution is -0.142. The number of para-hydroxylation sites is 2. The van der Waals surface area contributed by atoms with Gasteiger partial charge in [0.2, 0.25) is 0 Å². The number of imidazole rings is 1. The third kappa shape index (κ3) is 2.62. The molecule has 0 bridgehead atoms. The number of ether oxygens (including phenoxy) is 1. The molecule has 2 rings (SSSR count). The zero-order chi connectivity index (χ0) is 12.3. The van der Waals surface area contributed by atoms with Crippen molar-refractivity contribution in [3.05, 3.63) is 30.1 Å². The molecule has 5 nitrogen and oxygen atoms in total. The molecule has 0 radical (unpaired) electrons. The van der Waals surface area contributed by atoms with E-state index in [2.05, 4.69) is 14.7 Å². The van der Waals surface area contributed by atoms with Crippen LogP contribution in [0, 0.1) is 0 Å². The largest absolute Gasteiger partial charge is 0.468 e. The maximum atomic E-state index is 11.1. The van der Waals surface area contributed by atoms with E-state index >= 15 is 0 Å². The Bertz CT molecular complexity index is 488. The summed E-state index contributed by atoms with van der Waals surface area (Å²) >= 11 is 0. The van der Waals surface area contributed by atoms with Gasteiger partial charge in [0.15, 0.2) is 0 Å². The Hall–Kier alpha value is -1.88. The highest BCUT2D eigenvalue weighted by Crippen LogP contribution is 2.11. The second-order valence-corrected chi connectivity index (χ2v) is 3.87. The smallest absolute Gasteiger partial charge is 0.322 e. The Balaban J connectivity index is 2.01.